The van der Waals surface area contributed by atoms with E-state index in [4.69, 9.17) is 5.11 Å². The van der Waals surface area contributed by atoms with Crippen molar-refractivity contribution in [2.24, 2.45) is 5.92 Å². The summed E-state index contributed by atoms with van der Waals surface area (Å²) in [7, 11) is 2.06. The minimum atomic E-state index is -0.805. The van der Waals surface area contributed by atoms with Crippen LogP contribution in [0.2, 0.25) is 0 Å². The molecule has 1 aliphatic heterocycles. The van der Waals surface area contributed by atoms with Crippen molar-refractivity contribution in [2.75, 3.05) is 33.2 Å². The lowest BCUT2D eigenvalue weighted by Gasteiger charge is -2.30. The molecule has 0 spiro atoms. The largest absolute Gasteiger partial charge is 0.481 e. The first-order valence-electron chi connectivity index (χ1n) is 7.37. The lowest BCUT2D eigenvalue weighted by atomic mass is 9.99. The number of hydrogen-bond donors (Lipinski definition) is 2. The van der Waals surface area contributed by atoms with Crippen LogP contribution in [0.25, 0.3) is 0 Å². The van der Waals surface area contributed by atoms with E-state index >= 15 is 0 Å². The normalized spacial score (nSPS) is 19.4. The molecule has 1 atom stereocenters. The molecular formula is C14H27N3O3. The summed E-state index contributed by atoms with van der Waals surface area (Å²) in [5.41, 5.74) is 0. The van der Waals surface area contributed by atoms with Gasteiger partial charge in [-0.25, -0.2) is 4.79 Å². The maximum Gasteiger partial charge on any atom is 0.317 e. The second-order valence-electron chi connectivity index (χ2n) is 5.78. The number of aliphatic carboxylic acids is 1. The predicted octanol–water partition coefficient (Wildman–Crippen LogP) is 1.22. The molecule has 6 heteroatoms. The Morgan fingerprint density at radius 1 is 1.45 bits per heavy atom. The zero-order chi connectivity index (χ0) is 15.1. The van der Waals surface area contributed by atoms with Gasteiger partial charge in [0.15, 0.2) is 0 Å². The lowest BCUT2D eigenvalue weighted by Crippen LogP contribution is -2.47. The van der Waals surface area contributed by atoms with Gasteiger partial charge in [0.05, 0.1) is 5.92 Å². The first-order valence-corrected chi connectivity index (χ1v) is 7.37. The highest BCUT2D eigenvalue weighted by Crippen LogP contribution is 2.16. The molecule has 0 aromatic heterocycles. The van der Waals surface area contributed by atoms with Crippen molar-refractivity contribution < 1.29 is 14.7 Å². The van der Waals surface area contributed by atoms with Gasteiger partial charge in [-0.15, -0.1) is 0 Å². The minimum Gasteiger partial charge on any atom is -0.481 e. The summed E-state index contributed by atoms with van der Waals surface area (Å²) in [5.74, 6) is -1.22. The summed E-state index contributed by atoms with van der Waals surface area (Å²) in [6.07, 6.45) is 2.33. The maximum atomic E-state index is 12.0. The third-order valence-electron chi connectivity index (χ3n) is 3.90. The Kier molecular flexibility index (Phi) is 6.78. The Labute approximate surface area is 121 Å². The first kappa shape index (κ1) is 16.8. The molecule has 0 aromatic carbocycles. The Morgan fingerprint density at radius 3 is 2.75 bits per heavy atom. The smallest absolute Gasteiger partial charge is 0.317 e. The van der Waals surface area contributed by atoms with Gasteiger partial charge < -0.3 is 20.2 Å². The van der Waals surface area contributed by atoms with E-state index in [0.29, 0.717) is 32.1 Å². The summed E-state index contributed by atoms with van der Waals surface area (Å²) in [4.78, 5) is 26.8. The average molecular weight is 285 g/mol. The molecule has 0 aromatic rings. The van der Waals surface area contributed by atoms with Gasteiger partial charge in [0.1, 0.15) is 0 Å². The summed E-state index contributed by atoms with van der Waals surface area (Å²) in [5, 5.41) is 11.9. The van der Waals surface area contributed by atoms with Crippen molar-refractivity contribution in [2.45, 2.75) is 39.2 Å². The Balaban J connectivity index is 2.24. The quantitative estimate of drug-likeness (QED) is 0.720. The number of urea groups is 1. The van der Waals surface area contributed by atoms with Gasteiger partial charge in [-0.2, -0.15) is 0 Å². The fourth-order valence-corrected chi connectivity index (χ4v) is 2.26. The van der Waals surface area contributed by atoms with Gasteiger partial charge in [-0.1, -0.05) is 0 Å². The number of carbonyl (C=O) groups is 2. The third kappa shape index (κ3) is 5.36. The number of likely N-dealkylation sites (tertiary alicyclic amines) is 1. The van der Waals surface area contributed by atoms with Crippen molar-refractivity contribution in [1.29, 1.82) is 0 Å². The van der Waals surface area contributed by atoms with Crippen LogP contribution in [0.5, 0.6) is 0 Å². The van der Waals surface area contributed by atoms with E-state index in [0.717, 1.165) is 19.4 Å². The molecule has 6 nitrogen and oxygen atoms in total. The Morgan fingerprint density at radius 2 is 2.15 bits per heavy atom. The predicted molar refractivity (Wildman–Crippen MR) is 77.7 cm³/mol. The Hall–Kier alpha value is -1.30. The van der Waals surface area contributed by atoms with Crippen LogP contribution in [-0.4, -0.2) is 66.2 Å². The van der Waals surface area contributed by atoms with Crippen LogP contribution in [0, 0.1) is 5.92 Å². The molecule has 0 unspecified atom stereocenters. The molecule has 0 saturated carbocycles. The number of hydrogen-bond acceptors (Lipinski definition) is 3. The van der Waals surface area contributed by atoms with Gasteiger partial charge in [-0.3, -0.25) is 4.79 Å². The van der Waals surface area contributed by atoms with Gasteiger partial charge in [0.2, 0.25) is 0 Å². The van der Waals surface area contributed by atoms with E-state index in [2.05, 4.69) is 31.1 Å². The zero-order valence-electron chi connectivity index (χ0n) is 12.8. The van der Waals surface area contributed by atoms with E-state index in [-0.39, 0.29) is 6.03 Å². The van der Waals surface area contributed by atoms with Crippen LogP contribution in [0.15, 0.2) is 0 Å². The maximum absolute atomic E-state index is 12.0. The molecule has 2 amide bonds. The minimum absolute atomic E-state index is 0.136. The van der Waals surface area contributed by atoms with Gasteiger partial charge in [0.25, 0.3) is 0 Å². The molecule has 1 aliphatic rings. The van der Waals surface area contributed by atoms with Crippen LogP contribution in [0.4, 0.5) is 4.79 Å². The SMILES string of the molecule is CC(C)N(C)CCCNC(=O)N1CCC[C@H](C(=O)O)C1. The average Bonchev–Trinajstić information content (AvgIpc) is 2.43. The van der Waals surface area contributed by atoms with Gasteiger partial charge in [-0.05, 0) is 46.7 Å². The standard InChI is InChI=1S/C14H27N3O3/c1-11(2)16(3)8-5-7-15-14(20)17-9-4-6-12(10-17)13(18)19/h11-12H,4-10H2,1-3H3,(H,15,20)(H,18,19)/t12-/m0/s1. The number of amides is 2. The number of carboxylic acids is 1. The molecule has 0 radical (unpaired) electrons. The van der Waals surface area contributed by atoms with E-state index in [1.54, 1.807) is 4.90 Å². The molecule has 0 aliphatic carbocycles. The lowest BCUT2D eigenvalue weighted by molar-refractivity contribution is -0.143. The highest BCUT2D eigenvalue weighted by Gasteiger charge is 2.27. The molecule has 0 bridgehead atoms. The number of nitrogens with zero attached hydrogens (tertiary/aromatic N) is 2. The highest BCUT2D eigenvalue weighted by molar-refractivity contribution is 5.76. The zero-order valence-corrected chi connectivity index (χ0v) is 12.8. The third-order valence-corrected chi connectivity index (χ3v) is 3.90. The van der Waals surface area contributed by atoms with Crippen LogP contribution in [-0.2, 0) is 4.79 Å². The highest BCUT2D eigenvalue weighted by atomic mass is 16.4. The van der Waals surface area contributed by atoms with E-state index in [1.165, 1.54) is 0 Å². The number of piperidine rings is 1. The fourth-order valence-electron chi connectivity index (χ4n) is 2.26. The molecule has 1 saturated heterocycles. The summed E-state index contributed by atoms with van der Waals surface area (Å²) < 4.78 is 0. The Bertz CT molecular complexity index is 334. The second kappa shape index (κ2) is 8.09. The fraction of sp³-hybridized carbons (Fsp3) is 0.857. The van der Waals surface area contributed by atoms with E-state index in [9.17, 15) is 9.59 Å². The number of carboxylic acid groups (broad SMARTS) is 1. The summed E-state index contributed by atoms with van der Waals surface area (Å²) in [6, 6.07) is 0.368. The summed E-state index contributed by atoms with van der Waals surface area (Å²) >= 11 is 0. The molecule has 116 valence electrons. The van der Waals surface area contributed by atoms with Gasteiger partial charge >= 0.3 is 12.0 Å². The van der Waals surface area contributed by atoms with Crippen molar-refractivity contribution in [3.8, 4) is 0 Å². The van der Waals surface area contributed by atoms with Crippen LogP contribution in [0.1, 0.15) is 33.1 Å². The second-order valence-corrected chi connectivity index (χ2v) is 5.78. The number of carbonyl (C=O) groups excluding carboxylic acids is 1. The van der Waals surface area contributed by atoms with E-state index < -0.39 is 11.9 Å². The van der Waals surface area contributed by atoms with Crippen LogP contribution in [0.3, 0.4) is 0 Å². The molecule has 1 fully saturated rings. The van der Waals surface area contributed by atoms with Crippen molar-refractivity contribution in [1.82, 2.24) is 15.1 Å². The first-order chi connectivity index (χ1) is 9.41. The number of rotatable bonds is 6. The molecule has 1 rings (SSSR count). The topological polar surface area (TPSA) is 72.9 Å². The molecule has 2 N–H and O–H groups in total. The van der Waals surface area contributed by atoms with E-state index in [1.807, 2.05) is 0 Å². The molecular weight excluding hydrogens is 258 g/mol. The molecule has 20 heavy (non-hydrogen) atoms. The van der Waals surface area contributed by atoms with Crippen LogP contribution >= 0.6 is 0 Å². The molecule has 1 heterocycles. The van der Waals surface area contributed by atoms with Crippen LogP contribution < -0.4 is 5.32 Å². The number of nitrogens with one attached hydrogen (secondary N) is 1. The summed E-state index contributed by atoms with van der Waals surface area (Å²) in [6.45, 7) is 6.82. The van der Waals surface area contributed by atoms with Crippen molar-refractivity contribution >= 4 is 12.0 Å². The van der Waals surface area contributed by atoms with Gasteiger partial charge in [0, 0.05) is 25.7 Å². The van der Waals surface area contributed by atoms with Crippen molar-refractivity contribution in [3.63, 3.8) is 0 Å². The van der Waals surface area contributed by atoms with Crippen molar-refractivity contribution in [3.05, 3.63) is 0 Å². The monoisotopic (exact) mass is 285 g/mol.